The first-order valence-electron chi connectivity index (χ1n) is 7.08. The number of nitrogens with one attached hydrogen (secondary N) is 1. The number of hydrogen-bond donors (Lipinski definition) is 1. The highest BCUT2D eigenvalue weighted by atomic mass is 16.2. The highest BCUT2D eigenvalue weighted by molar-refractivity contribution is 6.06. The van der Waals surface area contributed by atoms with Crippen LogP contribution < -0.4 is 5.32 Å². The summed E-state index contributed by atoms with van der Waals surface area (Å²) in [4.78, 5) is 37.4. The molecule has 0 aromatic heterocycles. The largest absolute Gasteiger partial charge is 0.319 e. The molecular formula is C14H22N2O3. The van der Waals surface area contributed by atoms with E-state index in [0.29, 0.717) is 0 Å². The van der Waals surface area contributed by atoms with Crippen LogP contribution in [0.1, 0.15) is 52.4 Å². The highest BCUT2D eigenvalue weighted by Gasteiger charge is 2.44. The SMILES string of the molecule is CC1(C)C(=O)NC(=O)CN1C(=O)C1CCCCCC1. The maximum Gasteiger partial charge on any atom is 0.252 e. The van der Waals surface area contributed by atoms with Crippen molar-refractivity contribution in [3.05, 3.63) is 0 Å². The van der Waals surface area contributed by atoms with Gasteiger partial charge in [-0.05, 0) is 26.7 Å². The van der Waals surface area contributed by atoms with Gasteiger partial charge in [-0.15, -0.1) is 0 Å². The van der Waals surface area contributed by atoms with Crippen molar-refractivity contribution >= 4 is 17.7 Å². The van der Waals surface area contributed by atoms with E-state index >= 15 is 0 Å². The summed E-state index contributed by atoms with van der Waals surface area (Å²) in [5.41, 5.74) is -0.933. The topological polar surface area (TPSA) is 66.5 Å². The van der Waals surface area contributed by atoms with E-state index < -0.39 is 5.54 Å². The van der Waals surface area contributed by atoms with Gasteiger partial charge in [0.15, 0.2) is 0 Å². The van der Waals surface area contributed by atoms with Gasteiger partial charge in [0.2, 0.25) is 11.8 Å². The first-order chi connectivity index (χ1) is 8.93. The second-order valence-corrected chi connectivity index (χ2v) is 6.05. The Morgan fingerprint density at radius 2 is 1.74 bits per heavy atom. The molecule has 0 radical (unpaired) electrons. The number of piperazine rings is 1. The lowest BCUT2D eigenvalue weighted by Gasteiger charge is -2.41. The predicted molar refractivity (Wildman–Crippen MR) is 70.1 cm³/mol. The second kappa shape index (κ2) is 5.31. The molecule has 0 bridgehead atoms. The van der Waals surface area contributed by atoms with Crippen LogP contribution >= 0.6 is 0 Å². The fraction of sp³-hybridized carbons (Fsp3) is 0.786. The van der Waals surface area contributed by atoms with Gasteiger partial charge in [-0.25, -0.2) is 0 Å². The summed E-state index contributed by atoms with van der Waals surface area (Å²) < 4.78 is 0. The van der Waals surface area contributed by atoms with Crippen LogP contribution in [-0.2, 0) is 14.4 Å². The van der Waals surface area contributed by atoms with Crippen molar-refractivity contribution < 1.29 is 14.4 Å². The van der Waals surface area contributed by atoms with Gasteiger partial charge < -0.3 is 4.90 Å². The Morgan fingerprint density at radius 3 is 2.32 bits per heavy atom. The number of carbonyl (C=O) groups excluding carboxylic acids is 3. The number of nitrogens with zero attached hydrogens (tertiary/aromatic N) is 1. The fourth-order valence-corrected chi connectivity index (χ4v) is 2.88. The van der Waals surface area contributed by atoms with Crippen molar-refractivity contribution in [2.24, 2.45) is 5.92 Å². The Kier molecular flexibility index (Phi) is 3.92. The van der Waals surface area contributed by atoms with Crippen molar-refractivity contribution in [1.29, 1.82) is 0 Å². The Labute approximate surface area is 113 Å². The van der Waals surface area contributed by atoms with Gasteiger partial charge in [-0.2, -0.15) is 0 Å². The van der Waals surface area contributed by atoms with E-state index in [4.69, 9.17) is 0 Å². The molecule has 0 aromatic carbocycles. The zero-order valence-electron chi connectivity index (χ0n) is 11.7. The van der Waals surface area contributed by atoms with Crippen LogP contribution in [0.15, 0.2) is 0 Å². The van der Waals surface area contributed by atoms with E-state index in [2.05, 4.69) is 5.32 Å². The molecule has 0 aromatic rings. The quantitative estimate of drug-likeness (QED) is 0.573. The maximum absolute atomic E-state index is 12.6. The lowest BCUT2D eigenvalue weighted by Crippen LogP contribution is -2.66. The molecule has 1 saturated carbocycles. The third-order valence-corrected chi connectivity index (χ3v) is 4.26. The zero-order valence-corrected chi connectivity index (χ0v) is 11.7. The number of amides is 3. The molecule has 0 unspecified atom stereocenters. The molecule has 1 aliphatic carbocycles. The van der Waals surface area contributed by atoms with Crippen molar-refractivity contribution in [2.45, 2.75) is 57.9 Å². The molecule has 3 amide bonds. The molecule has 106 valence electrons. The fourth-order valence-electron chi connectivity index (χ4n) is 2.88. The Balaban J connectivity index is 2.15. The van der Waals surface area contributed by atoms with Crippen LogP contribution in [0.25, 0.3) is 0 Å². The first kappa shape index (κ1) is 14.0. The summed E-state index contributed by atoms with van der Waals surface area (Å²) in [5, 5.41) is 2.30. The summed E-state index contributed by atoms with van der Waals surface area (Å²) in [5.74, 6) is -0.826. The summed E-state index contributed by atoms with van der Waals surface area (Å²) in [6.07, 6.45) is 6.22. The van der Waals surface area contributed by atoms with Gasteiger partial charge >= 0.3 is 0 Å². The summed E-state index contributed by atoms with van der Waals surface area (Å²) >= 11 is 0. The number of rotatable bonds is 1. The standard InChI is InChI=1S/C14H22N2O3/c1-14(2)13(19)15-11(17)9-16(14)12(18)10-7-5-3-4-6-8-10/h10H,3-9H2,1-2H3,(H,15,17,19). The summed E-state index contributed by atoms with van der Waals surface area (Å²) in [6.45, 7) is 3.39. The van der Waals surface area contributed by atoms with Crippen LogP contribution in [0.2, 0.25) is 0 Å². The minimum Gasteiger partial charge on any atom is -0.319 e. The molecule has 1 aliphatic heterocycles. The van der Waals surface area contributed by atoms with E-state index in [9.17, 15) is 14.4 Å². The van der Waals surface area contributed by atoms with Crippen LogP contribution in [-0.4, -0.2) is 34.7 Å². The van der Waals surface area contributed by atoms with Crippen LogP contribution in [0, 0.1) is 5.92 Å². The van der Waals surface area contributed by atoms with Crippen molar-refractivity contribution in [1.82, 2.24) is 10.2 Å². The minimum absolute atomic E-state index is 0.00588. The molecule has 5 nitrogen and oxygen atoms in total. The molecule has 0 atom stereocenters. The van der Waals surface area contributed by atoms with Crippen LogP contribution in [0.3, 0.4) is 0 Å². The van der Waals surface area contributed by atoms with Gasteiger partial charge in [0.05, 0.1) is 0 Å². The van der Waals surface area contributed by atoms with Crippen LogP contribution in [0.5, 0.6) is 0 Å². The molecule has 2 rings (SSSR count). The average Bonchev–Trinajstić information content (AvgIpc) is 2.62. The summed E-state index contributed by atoms with van der Waals surface area (Å²) in [7, 11) is 0. The molecule has 19 heavy (non-hydrogen) atoms. The van der Waals surface area contributed by atoms with E-state index in [0.717, 1.165) is 25.7 Å². The maximum atomic E-state index is 12.6. The van der Waals surface area contributed by atoms with E-state index in [1.54, 1.807) is 13.8 Å². The van der Waals surface area contributed by atoms with Gasteiger partial charge in [0.1, 0.15) is 12.1 Å². The van der Waals surface area contributed by atoms with Crippen LogP contribution in [0.4, 0.5) is 0 Å². The zero-order chi connectivity index (χ0) is 14.0. The predicted octanol–water partition coefficient (Wildman–Crippen LogP) is 1.22. The Hall–Kier alpha value is -1.39. The van der Waals surface area contributed by atoms with Crippen molar-refractivity contribution in [2.75, 3.05) is 6.54 Å². The van der Waals surface area contributed by atoms with Gasteiger partial charge in [-0.3, -0.25) is 19.7 Å². The smallest absolute Gasteiger partial charge is 0.252 e. The van der Waals surface area contributed by atoms with E-state index in [1.165, 1.54) is 17.7 Å². The monoisotopic (exact) mass is 266 g/mol. The molecule has 0 spiro atoms. The molecule has 2 aliphatic rings. The molecule has 2 fully saturated rings. The lowest BCUT2D eigenvalue weighted by atomic mass is 9.92. The lowest BCUT2D eigenvalue weighted by molar-refractivity contribution is -0.158. The molecule has 1 heterocycles. The molecule has 1 N–H and O–H groups in total. The summed E-state index contributed by atoms with van der Waals surface area (Å²) in [6, 6.07) is 0. The minimum atomic E-state index is -0.933. The Bertz CT molecular complexity index is 395. The number of imide groups is 1. The third kappa shape index (κ3) is 2.80. The van der Waals surface area contributed by atoms with E-state index in [1.807, 2.05) is 0 Å². The van der Waals surface area contributed by atoms with Crippen molar-refractivity contribution in [3.8, 4) is 0 Å². The highest BCUT2D eigenvalue weighted by Crippen LogP contribution is 2.28. The number of hydrogen-bond acceptors (Lipinski definition) is 3. The Morgan fingerprint density at radius 1 is 1.16 bits per heavy atom. The molecule has 1 saturated heterocycles. The van der Waals surface area contributed by atoms with Gasteiger partial charge in [0.25, 0.3) is 5.91 Å². The normalized spacial score (nSPS) is 24.8. The van der Waals surface area contributed by atoms with Crippen molar-refractivity contribution in [3.63, 3.8) is 0 Å². The molecule has 5 heteroatoms. The van der Waals surface area contributed by atoms with E-state index in [-0.39, 0.29) is 30.2 Å². The molecular weight excluding hydrogens is 244 g/mol. The third-order valence-electron chi connectivity index (χ3n) is 4.26. The first-order valence-corrected chi connectivity index (χ1v) is 7.08. The average molecular weight is 266 g/mol. The second-order valence-electron chi connectivity index (χ2n) is 6.05. The van der Waals surface area contributed by atoms with Gasteiger partial charge in [-0.1, -0.05) is 25.7 Å². The number of carbonyl (C=O) groups is 3. The van der Waals surface area contributed by atoms with Gasteiger partial charge in [0, 0.05) is 5.92 Å².